The van der Waals surface area contributed by atoms with Gasteiger partial charge < -0.3 is 0 Å². The van der Waals surface area contributed by atoms with Crippen LogP contribution in [0, 0.1) is 0 Å². The molecule has 0 N–H and O–H groups in total. The fraction of sp³-hybridized carbons (Fsp3) is 0.312. The molecule has 0 radical (unpaired) electrons. The van der Waals surface area contributed by atoms with E-state index in [0.717, 1.165) is 12.8 Å². The molecule has 0 spiro atoms. The van der Waals surface area contributed by atoms with Crippen LogP contribution in [0.4, 0.5) is 0 Å². The van der Waals surface area contributed by atoms with Crippen molar-refractivity contribution in [1.29, 1.82) is 0 Å². The first-order chi connectivity index (χ1) is 9.26. The van der Waals surface area contributed by atoms with Crippen molar-refractivity contribution in [3.63, 3.8) is 0 Å². The fourth-order valence-corrected chi connectivity index (χ4v) is 3.29. The summed E-state index contributed by atoms with van der Waals surface area (Å²) in [5.74, 6) is -0.270. The van der Waals surface area contributed by atoms with E-state index in [0.29, 0.717) is 6.61 Å². The summed E-state index contributed by atoms with van der Waals surface area (Å²) in [4.78, 5) is 11.3. The van der Waals surface area contributed by atoms with Crippen molar-refractivity contribution >= 4 is 25.4 Å². The standard InChI is InChI=1S/C16H20O2Se/c1-3-5-9-15(12-13-16(17)18-4-2)19-14-10-7-6-8-11-14/h6-13H,3-5H2,1-2H3/b13-12+,15-9-. The molecule has 0 atom stereocenters. The van der Waals surface area contributed by atoms with Gasteiger partial charge in [0.2, 0.25) is 0 Å². The Balaban J connectivity index is 2.70. The van der Waals surface area contributed by atoms with Crippen LogP contribution in [-0.4, -0.2) is 27.5 Å². The number of hydrogen-bond acceptors (Lipinski definition) is 2. The predicted molar refractivity (Wildman–Crippen MR) is 80.6 cm³/mol. The van der Waals surface area contributed by atoms with Gasteiger partial charge >= 0.3 is 121 Å². The Morgan fingerprint density at radius 2 is 1.95 bits per heavy atom. The number of unbranched alkanes of at least 4 members (excludes halogenated alkanes) is 1. The third-order valence-corrected chi connectivity index (χ3v) is 4.48. The van der Waals surface area contributed by atoms with Crippen LogP contribution in [-0.2, 0) is 9.53 Å². The molecule has 1 rings (SSSR count). The molecule has 1 aromatic rings. The summed E-state index contributed by atoms with van der Waals surface area (Å²) in [5.41, 5.74) is 0. The van der Waals surface area contributed by atoms with Gasteiger partial charge in [-0.05, 0) is 0 Å². The topological polar surface area (TPSA) is 26.3 Å². The zero-order valence-corrected chi connectivity index (χ0v) is 13.2. The van der Waals surface area contributed by atoms with Crippen LogP contribution in [0.5, 0.6) is 0 Å². The second-order valence-corrected chi connectivity index (χ2v) is 6.30. The Kier molecular flexibility index (Phi) is 7.95. The van der Waals surface area contributed by atoms with E-state index in [2.05, 4.69) is 25.1 Å². The van der Waals surface area contributed by atoms with E-state index in [4.69, 9.17) is 4.74 Å². The number of carbonyl (C=O) groups is 1. The van der Waals surface area contributed by atoms with Crippen molar-refractivity contribution in [2.45, 2.75) is 26.7 Å². The first kappa shape index (κ1) is 15.7. The molecular weight excluding hydrogens is 303 g/mol. The number of hydrogen-bond donors (Lipinski definition) is 0. The van der Waals surface area contributed by atoms with Gasteiger partial charge in [-0.2, -0.15) is 0 Å². The minimum absolute atomic E-state index is 0.236. The molecule has 0 fully saturated rings. The van der Waals surface area contributed by atoms with Crippen LogP contribution in [0.1, 0.15) is 26.7 Å². The van der Waals surface area contributed by atoms with E-state index in [1.807, 2.05) is 31.2 Å². The third kappa shape index (κ3) is 7.00. The van der Waals surface area contributed by atoms with Gasteiger partial charge in [0.1, 0.15) is 0 Å². The second kappa shape index (κ2) is 9.60. The van der Waals surface area contributed by atoms with Crippen molar-refractivity contribution < 1.29 is 9.53 Å². The summed E-state index contributed by atoms with van der Waals surface area (Å²) in [6, 6.07) is 10.4. The molecule has 0 amide bonds. The number of rotatable bonds is 7. The summed E-state index contributed by atoms with van der Waals surface area (Å²) in [6.07, 6.45) is 7.78. The van der Waals surface area contributed by atoms with Gasteiger partial charge in [-0.3, -0.25) is 0 Å². The normalized spacial score (nSPS) is 11.8. The van der Waals surface area contributed by atoms with Gasteiger partial charge in [0.15, 0.2) is 0 Å². The molecule has 0 aliphatic heterocycles. The van der Waals surface area contributed by atoms with Gasteiger partial charge in [0.05, 0.1) is 0 Å². The third-order valence-electron chi connectivity index (χ3n) is 2.28. The summed E-state index contributed by atoms with van der Waals surface area (Å²) in [5, 5.41) is 0. The Hall–Kier alpha value is -1.31. The van der Waals surface area contributed by atoms with Gasteiger partial charge in [0.25, 0.3) is 0 Å². The number of esters is 1. The summed E-state index contributed by atoms with van der Waals surface area (Å²) in [6.45, 7) is 4.38. The Labute approximate surface area is 121 Å². The van der Waals surface area contributed by atoms with Crippen LogP contribution in [0.2, 0.25) is 0 Å². The van der Waals surface area contributed by atoms with Crippen molar-refractivity contribution in [2.24, 2.45) is 0 Å². The molecule has 0 saturated carbocycles. The molecule has 0 unspecified atom stereocenters. The number of allylic oxidation sites excluding steroid dienone is 3. The Morgan fingerprint density at radius 1 is 1.21 bits per heavy atom. The minimum atomic E-state index is -0.270. The van der Waals surface area contributed by atoms with Crippen molar-refractivity contribution in [1.82, 2.24) is 0 Å². The fourth-order valence-electron chi connectivity index (χ4n) is 1.40. The summed E-state index contributed by atoms with van der Waals surface area (Å²) < 4.78 is 7.43. The number of benzene rings is 1. The quantitative estimate of drug-likeness (QED) is 0.334. The van der Waals surface area contributed by atoms with Crippen molar-refractivity contribution in [3.05, 3.63) is 53.0 Å². The van der Waals surface area contributed by atoms with E-state index in [-0.39, 0.29) is 20.9 Å². The van der Waals surface area contributed by atoms with Crippen LogP contribution in [0.3, 0.4) is 0 Å². The average molecular weight is 323 g/mol. The average Bonchev–Trinajstić information content (AvgIpc) is 2.43. The predicted octanol–water partition coefficient (Wildman–Crippen LogP) is 2.82. The van der Waals surface area contributed by atoms with Crippen molar-refractivity contribution in [3.8, 4) is 0 Å². The van der Waals surface area contributed by atoms with E-state index in [1.165, 1.54) is 15.0 Å². The first-order valence-electron chi connectivity index (χ1n) is 6.54. The van der Waals surface area contributed by atoms with Gasteiger partial charge in [-0.15, -0.1) is 0 Å². The molecule has 0 saturated heterocycles. The zero-order chi connectivity index (χ0) is 13.9. The van der Waals surface area contributed by atoms with Crippen LogP contribution < -0.4 is 4.46 Å². The monoisotopic (exact) mass is 324 g/mol. The molecule has 0 aromatic heterocycles. The van der Waals surface area contributed by atoms with Crippen LogP contribution >= 0.6 is 0 Å². The molecule has 0 bridgehead atoms. The molecule has 1 aromatic carbocycles. The Morgan fingerprint density at radius 3 is 2.58 bits per heavy atom. The van der Waals surface area contributed by atoms with Gasteiger partial charge in [0, 0.05) is 0 Å². The molecular formula is C16H20O2Se. The van der Waals surface area contributed by atoms with Crippen molar-refractivity contribution in [2.75, 3.05) is 6.61 Å². The van der Waals surface area contributed by atoms with Gasteiger partial charge in [-0.1, -0.05) is 0 Å². The number of ether oxygens (including phenoxy) is 1. The summed E-state index contributed by atoms with van der Waals surface area (Å²) >= 11 is 0.236. The molecule has 0 aliphatic rings. The molecule has 0 aliphatic carbocycles. The van der Waals surface area contributed by atoms with E-state index in [9.17, 15) is 4.79 Å². The van der Waals surface area contributed by atoms with E-state index >= 15 is 0 Å². The van der Waals surface area contributed by atoms with Crippen LogP contribution in [0.15, 0.2) is 53.0 Å². The number of carbonyl (C=O) groups excluding carboxylic acids is 1. The Bertz CT molecular complexity index is 435. The first-order valence-corrected chi connectivity index (χ1v) is 8.25. The molecule has 19 heavy (non-hydrogen) atoms. The molecule has 102 valence electrons. The van der Waals surface area contributed by atoms with Gasteiger partial charge in [-0.25, -0.2) is 0 Å². The maximum atomic E-state index is 11.3. The SMILES string of the molecule is CCC/C=C(/C=C/C(=O)OCC)[Se]c1ccccc1. The van der Waals surface area contributed by atoms with E-state index < -0.39 is 0 Å². The summed E-state index contributed by atoms with van der Waals surface area (Å²) in [7, 11) is 0. The van der Waals surface area contributed by atoms with Crippen LogP contribution in [0.25, 0.3) is 0 Å². The maximum absolute atomic E-state index is 11.3. The molecule has 0 heterocycles. The van der Waals surface area contributed by atoms with E-state index in [1.54, 1.807) is 0 Å². The zero-order valence-electron chi connectivity index (χ0n) is 11.5. The second-order valence-electron chi connectivity index (χ2n) is 3.90. The molecule has 2 nitrogen and oxygen atoms in total. The molecule has 3 heteroatoms.